The minimum absolute atomic E-state index is 0.157. The molecule has 0 spiro atoms. The molecule has 1 aromatic carbocycles. The monoisotopic (exact) mass is 244 g/mol. The largest absolute Gasteiger partial charge is 0.306 e. The highest BCUT2D eigenvalue weighted by Gasteiger charge is 2.06. The van der Waals surface area contributed by atoms with Crippen LogP contribution in [-0.2, 0) is 6.54 Å². The number of rotatable bonds is 4. The van der Waals surface area contributed by atoms with Crippen LogP contribution in [0.5, 0.6) is 0 Å². The van der Waals surface area contributed by atoms with Crippen LogP contribution in [0.2, 0.25) is 0 Å². The molecule has 1 N–H and O–H groups in total. The Bertz CT molecular complexity index is 511. The van der Waals surface area contributed by atoms with Gasteiger partial charge < -0.3 is 5.32 Å². The van der Waals surface area contributed by atoms with Gasteiger partial charge in [-0.3, -0.25) is 4.98 Å². The van der Waals surface area contributed by atoms with Gasteiger partial charge in [0.05, 0.1) is 0 Å². The van der Waals surface area contributed by atoms with E-state index in [4.69, 9.17) is 0 Å². The van der Waals surface area contributed by atoms with E-state index in [-0.39, 0.29) is 11.9 Å². The van der Waals surface area contributed by atoms with Crippen molar-refractivity contribution in [3.63, 3.8) is 0 Å². The Morgan fingerprint density at radius 1 is 1.22 bits per heavy atom. The Hall–Kier alpha value is -1.74. The lowest BCUT2D eigenvalue weighted by Gasteiger charge is -2.14. The number of nitrogens with one attached hydrogen (secondary N) is 1. The fourth-order valence-electron chi connectivity index (χ4n) is 1.87. The predicted molar refractivity (Wildman–Crippen MR) is 70.6 cm³/mol. The van der Waals surface area contributed by atoms with E-state index in [1.54, 1.807) is 18.5 Å². The van der Waals surface area contributed by atoms with Crippen LogP contribution in [-0.4, -0.2) is 4.98 Å². The van der Waals surface area contributed by atoms with Gasteiger partial charge in [-0.1, -0.05) is 17.7 Å². The van der Waals surface area contributed by atoms with Crippen molar-refractivity contribution >= 4 is 0 Å². The lowest BCUT2D eigenvalue weighted by molar-refractivity contribution is 0.543. The van der Waals surface area contributed by atoms with Gasteiger partial charge in [-0.15, -0.1) is 0 Å². The van der Waals surface area contributed by atoms with Gasteiger partial charge in [0.25, 0.3) is 0 Å². The molecule has 1 atom stereocenters. The van der Waals surface area contributed by atoms with Crippen LogP contribution in [0.4, 0.5) is 4.39 Å². The first-order valence-corrected chi connectivity index (χ1v) is 6.05. The van der Waals surface area contributed by atoms with Gasteiger partial charge in [0, 0.05) is 30.5 Å². The van der Waals surface area contributed by atoms with E-state index >= 15 is 0 Å². The summed E-state index contributed by atoms with van der Waals surface area (Å²) in [6.07, 6.45) is 3.53. The van der Waals surface area contributed by atoms with Gasteiger partial charge in [0.2, 0.25) is 0 Å². The molecule has 18 heavy (non-hydrogen) atoms. The van der Waals surface area contributed by atoms with Gasteiger partial charge in [-0.05, 0) is 37.6 Å². The van der Waals surface area contributed by atoms with Crippen molar-refractivity contribution in [2.24, 2.45) is 0 Å². The predicted octanol–water partition coefficient (Wildman–Crippen LogP) is 3.38. The summed E-state index contributed by atoms with van der Waals surface area (Å²) in [5, 5.41) is 3.32. The lowest BCUT2D eigenvalue weighted by atomic mass is 10.1. The summed E-state index contributed by atoms with van der Waals surface area (Å²) >= 11 is 0. The molecule has 2 rings (SSSR count). The van der Waals surface area contributed by atoms with Gasteiger partial charge in [0.1, 0.15) is 5.82 Å². The summed E-state index contributed by atoms with van der Waals surface area (Å²) in [6, 6.07) is 9.28. The van der Waals surface area contributed by atoms with Crippen LogP contribution in [0, 0.1) is 12.7 Å². The Balaban J connectivity index is 2.01. The summed E-state index contributed by atoms with van der Waals surface area (Å²) in [6.45, 7) is 4.55. The zero-order valence-corrected chi connectivity index (χ0v) is 10.7. The van der Waals surface area contributed by atoms with Crippen LogP contribution in [0.25, 0.3) is 0 Å². The van der Waals surface area contributed by atoms with Crippen molar-refractivity contribution in [1.82, 2.24) is 10.3 Å². The van der Waals surface area contributed by atoms with E-state index in [0.717, 1.165) is 11.1 Å². The minimum Gasteiger partial charge on any atom is -0.306 e. The minimum atomic E-state index is -0.157. The Morgan fingerprint density at radius 2 is 1.94 bits per heavy atom. The SMILES string of the molecule is Cc1ccc(F)c(CN[C@H](C)c2ccncc2)c1. The molecule has 0 fully saturated rings. The highest BCUT2D eigenvalue weighted by Crippen LogP contribution is 2.14. The molecule has 0 radical (unpaired) electrons. The average molecular weight is 244 g/mol. The molecule has 1 heterocycles. The molecule has 1 aromatic heterocycles. The third kappa shape index (κ3) is 3.14. The molecule has 0 saturated carbocycles. The van der Waals surface area contributed by atoms with Crippen molar-refractivity contribution in [1.29, 1.82) is 0 Å². The molecule has 0 saturated heterocycles. The fraction of sp³-hybridized carbons (Fsp3) is 0.267. The summed E-state index contributed by atoms with van der Waals surface area (Å²) in [7, 11) is 0. The van der Waals surface area contributed by atoms with Crippen LogP contribution >= 0.6 is 0 Å². The van der Waals surface area contributed by atoms with Crippen molar-refractivity contribution in [3.05, 3.63) is 65.2 Å². The molecule has 2 aromatic rings. The van der Waals surface area contributed by atoms with Crippen molar-refractivity contribution in [3.8, 4) is 0 Å². The second-order valence-electron chi connectivity index (χ2n) is 4.48. The summed E-state index contributed by atoms with van der Waals surface area (Å²) in [4.78, 5) is 3.98. The average Bonchev–Trinajstić information content (AvgIpc) is 2.40. The number of aryl methyl sites for hydroxylation is 1. The van der Waals surface area contributed by atoms with E-state index in [9.17, 15) is 4.39 Å². The zero-order chi connectivity index (χ0) is 13.0. The molecule has 3 heteroatoms. The first-order valence-electron chi connectivity index (χ1n) is 6.05. The lowest BCUT2D eigenvalue weighted by Crippen LogP contribution is -2.18. The molecule has 0 bridgehead atoms. The highest BCUT2D eigenvalue weighted by atomic mass is 19.1. The fourth-order valence-corrected chi connectivity index (χ4v) is 1.87. The Morgan fingerprint density at radius 3 is 2.67 bits per heavy atom. The molecule has 0 aliphatic heterocycles. The maximum absolute atomic E-state index is 13.6. The van der Waals surface area contributed by atoms with Crippen LogP contribution in [0.3, 0.4) is 0 Å². The van der Waals surface area contributed by atoms with Gasteiger partial charge in [-0.2, -0.15) is 0 Å². The topological polar surface area (TPSA) is 24.9 Å². The maximum Gasteiger partial charge on any atom is 0.127 e. The Kier molecular flexibility index (Phi) is 4.05. The molecule has 0 amide bonds. The first kappa shape index (κ1) is 12.7. The molecule has 94 valence electrons. The van der Waals surface area contributed by atoms with Crippen LogP contribution in [0.15, 0.2) is 42.7 Å². The smallest absolute Gasteiger partial charge is 0.127 e. The quantitative estimate of drug-likeness (QED) is 0.891. The zero-order valence-electron chi connectivity index (χ0n) is 10.7. The number of benzene rings is 1. The maximum atomic E-state index is 13.6. The number of pyridine rings is 1. The van der Waals surface area contributed by atoms with Crippen molar-refractivity contribution in [2.75, 3.05) is 0 Å². The summed E-state index contributed by atoms with van der Waals surface area (Å²) in [5.74, 6) is -0.157. The van der Waals surface area contributed by atoms with Crippen molar-refractivity contribution in [2.45, 2.75) is 26.4 Å². The van der Waals surface area contributed by atoms with E-state index in [1.807, 2.05) is 25.1 Å². The van der Waals surface area contributed by atoms with E-state index in [2.05, 4.69) is 17.2 Å². The van der Waals surface area contributed by atoms with E-state index < -0.39 is 0 Å². The molecular weight excluding hydrogens is 227 g/mol. The van der Waals surface area contributed by atoms with Gasteiger partial charge >= 0.3 is 0 Å². The molecule has 0 aliphatic carbocycles. The number of aromatic nitrogens is 1. The van der Waals surface area contributed by atoms with Gasteiger partial charge in [-0.25, -0.2) is 4.39 Å². The van der Waals surface area contributed by atoms with E-state index in [1.165, 1.54) is 6.07 Å². The van der Waals surface area contributed by atoms with Crippen LogP contribution in [0.1, 0.15) is 29.7 Å². The van der Waals surface area contributed by atoms with Crippen LogP contribution < -0.4 is 5.32 Å². The molecule has 0 aliphatic rings. The van der Waals surface area contributed by atoms with Gasteiger partial charge in [0.15, 0.2) is 0 Å². The Labute approximate surface area is 107 Å². The normalized spacial score (nSPS) is 12.4. The standard InChI is InChI=1S/C15H17FN2/c1-11-3-4-15(16)14(9-11)10-18-12(2)13-5-7-17-8-6-13/h3-9,12,18H,10H2,1-2H3/t12-/m1/s1. The summed E-state index contributed by atoms with van der Waals surface area (Å²) < 4.78 is 13.6. The first-order chi connectivity index (χ1) is 8.66. The third-order valence-corrected chi connectivity index (χ3v) is 3.01. The number of hydrogen-bond acceptors (Lipinski definition) is 2. The number of halogens is 1. The third-order valence-electron chi connectivity index (χ3n) is 3.01. The molecule has 0 unspecified atom stereocenters. The van der Waals surface area contributed by atoms with Crippen molar-refractivity contribution < 1.29 is 4.39 Å². The second kappa shape index (κ2) is 5.74. The number of nitrogens with zero attached hydrogens (tertiary/aromatic N) is 1. The second-order valence-corrected chi connectivity index (χ2v) is 4.48. The molecule has 2 nitrogen and oxygen atoms in total. The highest BCUT2D eigenvalue weighted by molar-refractivity contribution is 5.24. The summed E-state index contributed by atoms with van der Waals surface area (Å²) in [5.41, 5.74) is 2.93. The number of hydrogen-bond donors (Lipinski definition) is 1. The van der Waals surface area contributed by atoms with E-state index in [0.29, 0.717) is 12.1 Å². The molecular formula is C15H17FN2.